The molecule has 25 heavy (non-hydrogen) atoms. The van der Waals surface area contributed by atoms with Gasteiger partial charge in [0.1, 0.15) is 0 Å². The lowest BCUT2D eigenvalue weighted by atomic mass is 10.1. The SMILES string of the molecule is Cc1nc(/C=C/C(=O)N(CCc2ccccc2)Cc2cccs2)cs1. The van der Waals surface area contributed by atoms with E-state index in [1.807, 2.05) is 46.8 Å². The van der Waals surface area contributed by atoms with Crippen molar-refractivity contribution in [2.45, 2.75) is 19.9 Å². The van der Waals surface area contributed by atoms with E-state index in [1.54, 1.807) is 34.8 Å². The molecule has 2 heterocycles. The van der Waals surface area contributed by atoms with Gasteiger partial charge in [-0.1, -0.05) is 36.4 Å². The summed E-state index contributed by atoms with van der Waals surface area (Å²) in [7, 11) is 0. The number of hydrogen-bond donors (Lipinski definition) is 0. The van der Waals surface area contributed by atoms with Gasteiger partial charge in [0.15, 0.2) is 0 Å². The number of rotatable bonds is 7. The summed E-state index contributed by atoms with van der Waals surface area (Å²) in [6.45, 7) is 3.30. The first-order valence-electron chi connectivity index (χ1n) is 8.16. The Bertz CT molecular complexity index is 823. The van der Waals surface area contributed by atoms with Crippen molar-refractivity contribution in [1.82, 2.24) is 9.88 Å². The van der Waals surface area contributed by atoms with Crippen LogP contribution in [0.4, 0.5) is 0 Å². The Hall–Kier alpha value is -2.24. The number of carbonyl (C=O) groups is 1. The van der Waals surface area contributed by atoms with Crippen molar-refractivity contribution in [1.29, 1.82) is 0 Å². The molecule has 1 aromatic carbocycles. The van der Waals surface area contributed by atoms with E-state index in [0.717, 1.165) is 17.1 Å². The van der Waals surface area contributed by atoms with Gasteiger partial charge in [0.05, 0.1) is 17.2 Å². The van der Waals surface area contributed by atoms with E-state index in [-0.39, 0.29) is 5.91 Å². The number of thiazole rings is 1. The van der Waals surface area contributed by atoms with Gasteiger partial charge in [-0.3, -0.25) is 4.79 Å². The zero-order valence-electron chi connectivity index (χ0n) is 14.1. The van der Waals surface area contributed by atoms with Gasteiger partial charge in [-0.25, -0.2) is 4.98 Å². The first-order chi connectivity index (χ1) is 12.2. The second-order valence-corrected chi connectivity index (χ2v) is 7.79. The molecule has 0 radical (unpaired) electrons. The lowest BCUT2D eigenvalue weighted by molar-refractivity contribution is -0.126. The summed E-state index contributed by atoms with van der Waals surface area (Å²) in [5.74, 6) is 0.0231. The average molecular weight is 369 g/mol. The van der Waals surface area contributed by atoms with Crippen LogP contribution in [0.25, 0.3) is 6.08 Å². The highest BCUT2D eigenvalue weighted by molar-refractivity contribution is 7.10. The van der Waals surface area contributed by atoms with Crippen molar-refractivity contribution in [2.24, 2.45) is 0 Å². The van der Waals surface area contributed by atoms with Gasteiger partial charge in [-0.15, -0.1) is 22.7 Å². The quantitative estimate of drug-likeness (QED) is 0.561. The molecule has 0 aliphatic carbocycles. The number of aryl methyl sites for hydroxylation is 1. The Morgan fingerprint density at radius 3 is 2.68 bits per heavy atom. The third kappa shape index (κ3) is 5.37. The maximum atomic E-state index is 12.7. The van der Waals surface area contributed by atoms with Crippen LogP contribution >= 0.6 is 22.7 Å². The van der Waals surface area contributed by atoms with Gasteiger partial charge in [-0.2, -0.15) is 0 Å². The summed E-state index contributed by atoms with van der Waals surface area (Å²) in [6, 6.07) is 14.4. The molecule has 0 saturated heterocycles. The minimum absolute atomic E-state index is 0.0231. The summed E-state index contributed by atoms with van der Waals surface area (Å²) in [5.41, 5.74) is 2.08. The van der Waals surface area contributed by atoms with E-state index < -0.39 is 0 Å². The van der Waals surface area contributed by atoms with Crippen molar-refractivity contribution in [3.8, 4) is 0 Å². The predicted molar refractivity (Wildman–Crippen MR) is 106 cm³/mol. The average Bonchev–Trinajstić information content (AvgIpc) is 3.29. The highest BCUT2D eigenvalue weighted by atomic mass is 32.1. The highest BCUT2D eigenvalue weighted by Gasteiger charge is 2.12. The molecule has 3 nitrogen and oxygen atoms in total. The van der Waals surface area contributed by atoms with Crippen LogP contribution in [-0.4, -0.2) is 22.3 Å². The van der Waals surface area contributed by atoms with Crippen molar-refractivity contribution in [3.63, 3.8) is 0 Å². The molecule has 128 valence electrons. The molecule has 0 unspecified atom stereocenters. The van der Waals surface area contributed by atoms with Gasteiger partial charge < -0.3 is 4.90 Å². The predicted octanol–water partition coefficient (Wildman–Crippen LogP) is 4.80. The molecule has 2 aromatic heterocycles. The van der Waals surface area contributed by atoms with E-state index in [2.05, 4.69) is 23.2 Å². The Kier molecular flexibility index (Phi) is 6.14. The van der Waals surface area contributed by atoms with Gasteiger partial charge >= 0.3 is 0 Å². The van der Waals surface area contributed by atoms with Crippen molar-refractivity contribution in [3.05, 3.63) is 80.4 Å². The Labute approximate surface area is 156 Å². The molecule has 0 N–H and O–H groups in total. The lowest BCUT2D eigenvalue weighted by Crippen LogP contribution is -2.30. The summed E-state index contributed by atoms with van der Waals surface area (Å²) in [4.78, 5) is 20.2. The van der Waals surface area contributed by atoms with Gasteiger partial charge in [0, 0.05) is 22.9 Å². The monoisotopic (exact) mass is 368 g/mol. The summed E-state index contributed by atoms with van der Waals surface area (Å²) in [5, 5.41) is 5.02. The zero-order chi connectivity index (χ0) is 17.5. The smallest absolute Gasteiger partial charge is 0.246 e. The van der Waals surface area contributed by atoms with Crippen LogP contribution in [0.5, 0.6) is 0 Å². The normalized spacial score (nSPS) is 11.1. The van der Waals surface area contributed by atoms with Crippen LogP contribution in [-0.2, 0) is 17.8 Å². The largest absolute Gasteiger partial charge is 0.334 e. The summed E-state index contributed by atoms with van der Waals surface area (Å²) in [6.07, 6.45) is 4.28. The number of aromatic nitrogens is 1. The Morgan fingerprint density at radius 1 is 1.16 bits per heavy atom. The fourth-order valence-corrected chi connectivity index (χ4v) is 3.79. The fourth-order valence-electron chi connectivity index (χ4n) is 2.49. The van der Waals surface area contributed by atoms with Crippen LogP contribution in [0.15, 0.2) is 59.3 Å². The molecular formula is C20H20N2OS2. The second-order valence-electron chi connectivity index (χ2n) is 5.70. The van der Waals surface area contributed by atoms with Crippen LogP contribution in [0.3, 0.4) is 0 Å². The number of carbonyl (C=O) groups excluding carboxylic acids is 1. The van der Waals surface area contributed by atoms with Crippen LogP contribution in [0.1, 0.15) is 21.1 Å². The van der Waals surface area contributed by atoms with Gasteiger partial charge in [0.2, 0.25) is 5.91 Å². The summed E-state index contributed by atoms with van der Waals surface area (Å²) >= 11 is 3.27. The number of nitrogens with zero attached hydrogens (tertiary/aromatic N) is 2. The van der Waals surface area contributed by atoms with E-state index in [1.165, 1.54) is 10.4 Å². The molecule has 0 fully saturated rings. The number of amides is 1. The van der Waals surface area contributed by atoms with E-state index in [9.17, 15) is 4.79 Å². The first-order valence-corrected chi connectivity index (χ1v) is 9.92. The third-order valence-electron chi connectivity index (χ3n) is 3.79. The first kappa shape index (κ1) is 17.6. The second kappa shape index (κ2) is 8.74. The molecule has 0 aliphatic rings. The minimum atomic E-state index is 0.0231. The number of benzene rings is 1. The molecule has 0 aliphatic heterocycles. The lowest BCUT2D eigenvalue weighted by Gasteiger charge is -2.20. The highest BCUT2D eigenvalue weighted by Crippen LogP contribution is 2.14. The number of hydrogen-bond acceptors (Lipinski definition) is 4. The molecule has 0 saturated carbocycles. The minimum Gasteiger partial charge on any atom is -0.334 e. The maximum absolute atomic E-state index is 12.7. The summed E-state index contributed by atoms with van der Waals surface area (Å²) < 4.78 is 0. The Morgan fingerprint density at radius 2 is 2.00 bits per heavy atom. The molecule has 1 amide bonds. The van der Waals surface area contributed by atoms with Crippen LogP contribution in [0, 0.1) is 6.92 Å². The topological polar surface area (TPSA) is 33.2 Å². The van der Waals surface area contributed by atoms with Crippen molar-refractivity contribution in [2.75, 3.05) is 6.54 Å². The molecule has 5 heteroatoms. The standard InChI is InChI=1S/C20H20N2OS2/c1-16-21-18(15-25-16)9-10-20(23)22(14-19-8-5-13-24-19)12-11-17-6-3-2-4-7-17/h2-10,13,15H,11-12,14H2,1H3/b10-9+. The zero-order valence-corrected chi connectivity index (χ0v) is 15.7. The molecule has 0 atom stereocenters. The maximum Gasteiger partial charge on any atom is 0.246 e. The molecule has 3 rings (SSSR count). The molecular weight excluding hydrogens is 348 g/mol. The fraction of sp³-hybridized carbons (Fsp3) is 0.200. The number of thiophene rings is 1. The van der Waals surface area contributed by atoms with E-state index in [0.29, 0.717) is 13.1 Å². The third-order valence-corrected chi connectivity index (χ3v) is 5.44. The van der Waals surface area contributed by atoms with E-state index >= 15 is 0 Å². The molecule has 0 spiro atoms. The molecule has 3 aromatic rings. The van der Waals surface area contributed by atoms with Crippen molar-refractivity contribution < 1.29 is 4.79 Å². The van der Waals surface area contributed by atoms with Crippen LogP contribution in [0.2, 0.25) is 0 Å². The van der Waals surface area contributed by atoms with E-state index in [4.69, 9.17) is 0 Å². The molecule has 0 bridgehead atoms. The van der Waals surface area contributed by atoms with Crippen molar-refractivity contribution >= 4 is 34.7 Å². The Balaban J connectivity index is 1.68. The van der Waals surface area contributed by atoms with Gasteiger partial charge in [0.25, 0.3) is 0 Å². The van der Waals surface area contributed by atoms with Gasteiger partial charge in [-0.05, 0) is 36.4 Å². The van der Waals surface area contributed by atoms with Crippen LogP contribution < -0.4 is 0 Å².